The number of rotatable bonds is 27. The molecule has 3 N–H and O–H groups in total. The molecule has 0 saturated heterocycles. The fraction of sp³-hybridized carbons (Fsp3) is 0.705. The number of hydrogen-bond donors (Lipinski definition) is 3. The van der Waals surface area contributed by atoms with E-state index in [0.29, 0.717) is 17.2 Å². The van der Waals surface area contributed by atoms with Crippen molar-refractivity contribution in [3.8, 4) is 17.2 Å². The average molecular weight is 881 g/mol. The first-order valence-electron chi connectivity index (χ1n) is 26.5. The number of aryl methyl sites for hydroxylation is 3. The molecule has 0 heterocycles. The van der Waals surface area contributed by atoms with E-state index in [1.54, 1.807) is 0 Å². The summed E-state index contributed by atoms with van der Waals surface area (Å²) < 4.78 is 0. The smallest absolute Gasteiger partial charge is 0.119 e. The molecule has 0 saturated carbocycles. The minimum atomic E-state index is -0.430. The minimum Gasteiger partial charge on any atom is -0.508 e. The molecule has 0 aliphatic rings. The molecule has 3 aromatic carbocycles. The van der Waals surface area contributed by atoms with Crippen LogP contribution < -0.4 is 0 Å². The highest BCUT2D eigenvalue weighted by atomic mass is 16.3. The van der Waals surface area contributed by atoms with E-state index >= 15 is 0 Å². The van der Waals surface area contributed by atoms with E-state index in [1.807, 2.05) is 6.07 Å². The standard InChI is InChI=1S/C61H100O3/c1-16-18-20-22-24-26-28-30-32-34-36-49(47(6)48-41-52(58(7,8)9)55(62)38-44(48)3)61(37-35-33-31-29-27-25-23-21-19-17-2,50-42-53(59(10,11)12)56(63)39-45(50)4)51-43-54(60(13,14)15)57(64)40-46(51)5/h38-43,47,49,62-64H,16-37H2,1-15H3. The molecule has 0 radical (unpaired) electrons. The van der Waals surface area contributed by atoms with Gasteiger partial charge in [0.1, 0.15) is 17.2 Å². The fourth-order valence-electron chi connectivity index (χ4n) is 11.2. The van der Waals surface area contributed by atoms with Crippen LogP contribution in [0.15, 0.2) is 36.4 Å². The summed E-state index contributed by atoms with van der Waals surface area (Å²) in [5.74, 6) is 1.49. The Morgan fingerprint density at radius 1 is 0.391 bits per heavy atom. The molecule has 0 aliphatic heterocycles. The quantitative estimate of drug-likeness (QED) is 0.0669. The summed E-state index contributed by atoms with van der Waals surface area (Å²) in [7, 11) is 0. The number of phenolic OH excluding ortho intramolecular Hbond substituents is 3. The number of aromatic hydroxyl groups is 3. The van der Waals surface area contributed by atoms with E-state index in [2.05, 4.69) is 134 Å². The molecule has 64 heavy (non-hydrogen) atoms. The Bertz CT molecular complexity index is 1770. The van der Waals surface area contributed by atoms with Crippen LogP contribution in [-0.4, -0.2) is 15.3 Å². The van der Waals surface area contributed by atoms with Crippen LogP contribution in [0.25, 0.3) is 0 Å². The highest BCUT2D eigenvalue weighted by molar-refractivity contribution is 5.57. The maximum atomic E-state index is 11.7. The van der Waals surface area contributed by atoms with E-state index in [0.717, 1.165) is 59.1 Å². The maximum absolute atomic E-state index is 11.7. The van der Waals surface area contributed by atoms with E-state index in [4.69, 9.17) is 0 Å². The Morgan fingerprint density at radius 3 is 1.06 bits per heavy atom. The molecular weight excluding hydrogens is 781 g/mol. The third kappa shape index (κ3) is 15.3. The molecule has 0 bridgehead atoms. The van der Waals surface area contributed by atoms with Crippen LogP contribution >= 0.6 is 0 Å². The summed E-state index contributed by atoms with van der Waals surface area (Å²) in [6.45, 7) is 33.8. The largest absolute Gasteiger partial charge is 0.508 e. The number of phenols is 3. The normalized spacial score (nSPS) is 13.7. The number of unbranched alkanes of at least 4 members (excludes halogenated alkanes) is 18. The average Bonchev–Trinajstić information content (AvgIpc) is 3.18. The molecule has 2 atom stereocenters. The van der Waals surface area contributed by atoms with Gasteiger partial charge in [0.2, 0.25) is 0 Å². The monoisotopic (exact) mass is 881 g/mol. The molecule has 0 spiro atoms. The summed E-state index contributed by atoms with van der Waals surface area (Å²) in [4.78, 5) is 0. The summed E-state index contributed by atoms with van der Waals surface area (Å²) in [6.07, 6.45) is 27.9. The summed E-state index contributed by atoms with van der Waals surface area (Å²) in [6, 6.07) is 13.3. The molecular formula is C61H100O3. The molecule has 3 nitrogen and oxygen atoms in total. The first kappa shape index (κ1) is 55.4. The van der Waals surface area contributed by atoms with Gasteiger partial charge >= 0.3 is 0 Å². The number of hydrogen-bond acceptors (Lipinski definition) is 3. The van der Waals surface area contributed by atoms with Gasteiger partial charge in [0.25, 0.3) is 0 Å². The third-order valence-electron chi connectivity index (χ3n) is 15.0. The van der Waals surface area contributed by atoms with Crippen LogP contribution in [0, 0.1) is 26.7 Å². The minimum absolute atomic E-state index is 0.154. The van der Waals surface area contributed by atoms with Crippen molar-refractivity contribution in [3.05, 3.63) is 86.5 Å². The van der Waals surface area contributed by atoms with Crippen LogP contribution in [0.4, 0.5) is 0 Å². The highest BCUT2D eigenvalue weighted by Gasteiger charge is 2.47. The van der Waals surface area contributed by atoms with Gasteiger partial charge in [-0.1, -0.05) is 230 Å². The lowest BCUT2D eigenvalue weighted by atomic mass is 9.55. The molecule has 3 aromatic rings. The third-order valence-corrected chi connectivity index (χ3v) is 15.0. The maximum Gasteiger partial charge on any atom is 0.119 e. The van der Waals surface area contributed by atoms with Crippen LogP contribution in [0.2, 0.25) is 0 Å². The van der Waals surface area contributed by atoms with Crippen LogP contribution in [-0.2, 0) is 21.7 Å². The second kappa shape index (κ2) is 25.3. The van der Waals surface area contributed by atoms with Gasteiger partial charge in [0.05, 0.1) is 0 Å². The zero-order valence-electron chi connectivity index (χ0n) is 44.5. The van der Waals surface area contributed by atoms with E-state index < -0.39 is 5.41 Å². The lowest BCUT2D eigenvalue weighted by molar-refractivity contribution is 0.229. The molecule has 0 aliphatic carbocycles. The van der Waals surface area contributed by atoms with Gasteiger partial charge in [-0.05, 0) is 130 Å². The Kier molecular flexibility index (Phi) is 21.9. The van der Waals surface area contributed by atoms with Crippen LogP contribution in [0.3, 0.4) is 0 Å². The lowest BCUT2D eigenvalue weighted by Gasteiger charge is -2.48. The molecule has 362 valence electrons. The Balaban J connectivity index is 2.39. The predicted octanol–water partition coefficient (Wildman–Crippen LogP) is 18.9. The van der Waals surface area contributed by atoms with Gasteiger partial charge in [-0.3, -0.25) is 0 Å². The summed E-state index contributed by atoms with van der Waals surface area (Å²) in [5.41, 5.74) is 9.24. The second-order valence-corrected chi connectivity index (χ2v) is 23.6. The first-order valence-corrected chi connectivity index (χ1v) is 26.5. The van der Waals surface area contributed by atoms with Crippen molar-refractivity contribution in [1.82, 2.24) is 0 Å². The molecule has 3 rings (SSSR count). The van der Waals surface area contributed by atoms with Crippen LogP contribution in [0.1, 0.15) is 280 Å². The zero-order valence-corrected chi connectivity index (χ0v) is 44.5. The Hall–Kier alpha value is -2.94. The Morgan fingerprint density at radius 2 is 0.703 bits per heavy atom. The van der Waals surface area contributed by atoms with E-state index in [-0.39, 0.29) is 28.1 Å². The molecule has 2 unspecified atom stereocenters. The van der Waals surface area contributed by atoms with E-state index in [1.165, 1.54) is 132 Å². The van der Waals surface area contributed by atoms with Gasteiger partial charge in [0.15, 0.2) is 0 Å². The van der Waals surface area contributed by atoms with Crippen molar-refractivity contribution in [2.75, 3.05) is 0 Å². The van der Waals surface area contributed by atoms with Crippen LogP contribution in [0.5, 0.6) is 17.2 Å². The van der Waals surface area contributed by atoms with Crippen molar-refractivity contribution in [3.63, 3.8) is 0 Å². The van der Waals surface area contributed by atoms with Gasteiger partial charge in [-0.25, -0.2) is 0 Å². The van der Waals surface area contributed by atoms with Gasteiger partial charge < -0.3 is 15.3 Å². The van der Waals surface area contributed by atoms with Crippen molar-refractivity contribution >= 4 is 0 Å². The predicted molar refractivity (Wildman–Crippen MR) is 280 cm³/mol. The topological polar surface area (TPSA) is 60.7 Å². The Labute approximate surface area is 396 Å². The molecule has 3 heteroatoms. The van der Waals surface area contributed by atoms with Crippen molar-refractivity contribution < 1.29 is 15.3 Å². The zero-order chi connectivity index (χ0) is 47.9. The van der Waals surface area contributed by atoms with Gasteiger partial charge in [0, 0.05) is 5.41 Å². The van der Waals surface area contributed by atoms with Crippen molar-refractivity contribution in [1.29, 1.82) is 0 Å². The number of benzene rings is 3. The molecule has 0 aromatic heterocycles. The SMILES string of the molecule is CCCCCCCCCCCCC(C(C)c1cc(C(C)(C)C)c(O)cc1C)C(CCCCCCCCCCCC)(c1cc(C(C)(C)C)c(O)cc1C)c1cc(C(C)(C)C)c(O)cc1C. The van der Waals surface area contributed by atoms with Gasteiger partial charge in [-0.2, -0.15) is 0 Å². The second-order valence-electron chi connectivity index (χ2n) is 23.6. The lowest BCUT2D eigenvalue weighted by Crippen LogP contribution is -2.42. The summed E-state index contributed by atoms with van der Waals surface area (Å²) >= 11 is 0. The summed E-state index contributed by atoms with van der Waals surface area (Å²) in [5, 5.41) is 34.9. The molecule has 0 fully saturated rings. The fourth-order valence-corrected chi connectivity index (χ4v) is 11.2. The highest BCUT2D eigenvalue weighted by Crippen LogP contribution is 2.56. The molecule has 0 amide bonds. The van der Waals surface area contributed by atoms with Crippen molar-refractivity contribution in [2.24, 2.45) is 5.92 Å². The first-order chi connectivity index (χ1) is 30.0. The van der Waals surface area contributed by atoms with E-state index in [9.17, 15) is 15.3 Å². The van der Waals surface area contributed by atoms with Gasteiger partial charge in [-0.15, -0.1) is 0 Å². The van der Waals surface area contributed by atoms with Crippen molar-refractivity contribution in [2.45, 2.75) is 273 Å².